The number of aliphatic imine (C=N–C) groups is 1. The van der Waals surface area contributed by atoms with Crippen molar-refractivity contribution in [1.82, 2.24) is 0 Å². The van der Waals surface area contributed by atoms with E-state index in [2.05, 4.69) is 5.32 Å². The monoisotopic (exact) mass is 326 g/mol. The van der Waals surface area contributed by atoms with Gasteiger partial charge in [-0.05, 0) is 37.6 Å². The smallest absolute Gasteiger partial charge is 0.129 e. The fourth-order valence-corrected chi connectivity index (χ4v) is 2.91. The molecule has 0 radical (unpaired) electrons. The van der Waals surface area contributed by atoms with Gasteiger partial charge in [-0.3, -0.25) is 0 Å². The van der Waals surface area contributed by atoms with Crippen molar-refractivity contribution in [2.24, 2.45) is 4.99 Å². The van der Waals surface area contributed by atoms with Gasteiger partial charge in [-0.2, -0.15) is 0 Å². The van der Waals surface area contributed by atoms with E-state index < -0.39 is 0 Å². The first-order chi connectivity index (χ1) is 10.6. The Kier molecular flexibility index (Phi) is 4.10. The number of benzene rings is 2. The lowest BCUT2D eigenvalue weighted by Gasteiger charge is -2.10. The summed E-state index contributed by atoms with van der Waals surface area (Å²) in [6, 6.07) is 15.8. The Morgan fingerprint density at radius 3 is 2.50 bits per heavy atom. The summed E-state index contributed by atoms with van der Waals surface area (Å²) in [6.45, 7) is 4.02. The van der Waals surface area contributed by atoms with Gasteiger partial charge >= 0.3 is 0 Å². The molecular weight excluding hydrogens is 312 g/mol. The zero-order valence-electron chi connectivity index (χ0n) is 12.4. The second-order valence-electron chi connectivity index (χ2n) is 5.32. The van der Waals surface area contributed by atoms with Crippen molar-refractivity contribution in [3.63, 3.8) is 0 Å². The zero-order chi connectivity index (χ0) is 15.7. The highest BCUT2D eigenvalue weighted by Crippen LogP contribution is 2.29. The number of thiocarbonyl (C=S) groups is 1. The summed E-state index contributed by atoms with van der Waals surface area (Å²) in [6.07, 6.45) is 0. The molecule has 0 aromatic heterocycles. The molecule has 2 nitrogen and oxygen atoms in total. The second kappa shape index (κ2) is 6.03. The zero-order valence-corrected chi connectivity index (χ0v) is 13.9. The molecule has 0 aliphatic carbocycles. The summed E-state index contributed by atoms with van der Waals surface area (Å²) < 4.78 is 0. The first-order valence-corrected chi connectivity index (χ1v) is 7.78. The minimum Gasteiger partial charge on any atom is -0.344 e. The van der Waals surface area contributed by atoms with Gasteiger partial charge in [0.2, 0.25) is 0 Å². The number of halogens is 1. The van der Waals surface area contributed by atoms with Crippen LogP contribution in [0.4, 0.5) is 5.69 Å². The second-order valence-corrected chi connectivity index (χ2v) is 6.16. The van der Waals surface area contributed by atoms with Gasteiger partial charge in [0.15, 0.2) is 0 Å². The predicted molar refractivity (Wildman–Crippen MR) is 98.1 cm³/mol. The highest BCUT2D eigenvalue weighted by atomic mass is 35.5. The van der Waals surface area contributed by atoms with Crippen LogP contribution in [0, 0.1) is 0 Å². The normalized spacial score (nSPS) is 13.9. The van der Waals surface area contributed by atoms with Gasteiger partial charge in [-0.15, -0.1) is 0 Å². The molecule has 0 unspecified atom stereocenters. The van der Waals surface area contributed by atoms with Crippen LogP contribution in [0.3, 0.4) is 0 Å². The van der Waals surface area contributed by atoms with Crippen LogP contribution < -0.4 is 5.32 Å². The number of hydrogen-bond donors (Lipinski definition) is 1. The summed E-state index contributed by atoms with van der Waals surface area (Å²) in [7, 11) is 0. The Balaban J connectivity index is 2.31. The van der Waals surface area contributed by atoms with Crippen LogP contribution in [0.15, 0.2) is 64.8 Å². The van der Waals surface area contributed by atoms with Crippen molar-refractivity contribution in [2.75, 3.05) is 5.32 Å². The standard InChI is InChI=1S/C18H15ClN2S/c1-11(2)16-18(22)20-15-9-8-13(19)10-14(15)17(21-16)12-6-4-3-5-7-12/h3-10H,1-2H3,(H,20,22). The Bertz CT molecular complexity index is 803. The van der Waals surface area contributed by atoms with Gasteiger partial charge in [0.05, 0.1) is 11.4 Å². The van der Waals surface area contributed by atoms with E-state index in [-0.39, 0.29) is 0 Å². The van der Waals surface area contributed by atoms with Gasteiger partial charge in [0.1, 0.15) is 4.99 Å². The van der Waals surface area contributed by atoms with E-state index in [1.54, 1.807) is 0 Å². The van der Waals surface area contributed by atoms with Crippen molar-refractivity contribution < 1.29 is 0 Å². The molecule has 2 aromatic rings. The molecule has 4 heteroatoms. The molecule has 1 heterocycles. The summed E-state index contributed by atoms with van der Waals surface area (Å²) >= 11 is 11.7. The third-order valence-electron chi connectivity index (χ3n) is 3.44. The number of nitrogens with one attached hydrogen (secondary N) is 1. The molecule has 0 saturated carbocycles. The summed E-state index contributed by atoms with van der Waals surface area (Å²) in [5.41, 5.74) is 5.68. The molecule has 0 amide bonds. The Morgan fingerprint density at radius 2 is 1.82 bits per heavy atom. The molecule has 0 atom stereocenters. The minimum atomic E-state index is 0.634. The molecule has 3 rings (SSSR count). The quantitative estimate of drug-likeness (QED) is 0.573. The van der Waals surface area contributed by atoms with Gasteiger partial charge in [0.25, 0.3) is 0 Å². The lowest BCUT2D eigenvalue weighted by molar-refractivity contribution is 1.28. The molecule has 2 aromatic carbocycles. The molecule has 1 N–H and O–H groups in total. The van der Waals surface area contributed by atoms with Crippen molar-refractivity contribution in [3.05, 3.63) is 76.0 Å². The Hall–Kier alpha value is -1.97. The number of anilines is 1. The average molecular weight is 327 g/mol. The van der Waals surface area contributed by atoms with Crippen molar-refractivity contribution in [3.8, 4) is 0 Å². The molecule has 0 fully saturated rings. The van der Waals surface area contributed by atoms with Gasteiger partial charge in [-0.25, -0.2) is 4.99 Å². The van der Waals surface area contributed by atoms with E-state index in [0.29, 0.717) is 10.0 Å². The third-order valence-corrected chi connectivity index (χ3v) is 3.97. The SMILES string of the molecule is CC(C)=C1N=C(c2ccccc2)c2cc(Cl)ccc2NC1=S. The fraction of sp³-hybridized carbons (Fsp3) is 0.111. The van der Waals surface area contributed by atoms with Gasteiger partial charge < -0.3 is 5.32 Å². The topological polar surface area (TPSA) is 24.4 Å². The van der Waals surface area contributed by atoms with Gasteiger partial charge in [-0.1, -0.05) is 54.2 Å². The molecule has 0 spiro atoms. The van der Waals surface area contributed by atoms with Crippen molar-refractivity contribution in [2.45, 2.75) is 13.8 Å². The van der Waals surface area contributed by atoms with E-state index in [0.717, 1.165) is 33.8 Å². The Labute approximate surface area is 140 Å². The van der Waals surface area contributed by atoms with Crippen LogP contribution >= 0.6 is 23.8 Å². The summed E-state index contributed by atoms with van der Waals surface area (Å²) in [5.74, 6) is 0. The maximum atomic E-state index is 6.19. The maximum absolute atomic E-state index is 6.19. The van der Waals surface area contributed by atoms with Crippen LogP contribution in [0.1, 0.15) is 25.0 Å². The average Bonchev–Trinajstić information content (AvgIpc) is 2.64. The summed E-state index contributed by atoms with van der Waals surface area (Å²) in [5, 5.41) is 3.96. The van der Waals surface area contributed by atoms with E-state index >= 15 is 0 Å². The number of rotatable bonds is 1. The lowest BCUT2D eigenvalue weighted by Crippen LogP contribution is -2.10. The first-order valence-electron chi connectivity index (χ1n) is 6.99. The van der Waals surface area contributed by atoms with E-state index in [1.165, 1.54) is 0 Å². The van der Waals surface area contributed by atoms with Crippen LogP contribution in [0.25, 0.3) is 0 Å². The van der Waals surface area contributed by atoms with Crippen LogP contribution in [0.5, 0.6) is 0 Å². The van der Waals surface area contributed by atoms with Crippen molar-refractivity contribution >= 4 is 40.2 Å². The van der Waals surface area contributed by atoms with E-state index in [9.17, 15) is 0 Å². The largest absolute Gasteiger partial charge is 0.344 e. The number of hydrogen-bond acceptors (Lipinski definition) is 2. The molecular formula is C18H15ClN2S. The molecule has 22 heavy (non-hydrogen) atoms. The molecule has 0 saturated heterocycles. The number of fused-ring (bicyclic) bond motifs is 1. The lowest BCUT2D eigenvalue weighted by atomic mass is 10.0. The number of benzodiazepines with no additional fused rings is 1. The summed E-state index contributed by atoms with van der Waals surface area (Å²) in [4.78, 5) is 5.48. The minimum absolute atomic E-state index is 0.634. The van der Waals surface area contributed by atoms with E-state index in [1.807, 2.05) is 62.4 Å². The van der Waals surface area contributed by atoms with Crippen LogP contribution in [0.2, 0.25) is 5.02 Å². The molecule has 1 aliphatic heterocycles. The van der Waals surface area contributed by atoms with Crippen LogP contribution in [-0.2, 0) is 0 Å². The highest BCUT2D eigenvalue weighted by Gasteiger charge is 2.20. The highest BCUT2D eigenvalue weighted by molar-refractivity contribution is 7.81. The van der Waals surface area contributed by atoms with Crippen molar-refractivity contribution in [1.29, 1.82) is 0 Å². The van der Waals surface area contributed by atoms with Crippen LogP contribution in [-0.4, -0.2) is 10.7 Å². The number of allylic oxidation sites excluding steroid dienone is 1. The van der Waals surface area contributed by atoms with E-state index in [4.69, 9.17) is 28.8 Å². The number of nitrogens with zero attached hydrogens (tertiary/aromatic N) is 1. The molecule has 1 aliphatic rings. The predicted octanol–water partition coefficient (Wildman–Crippen LogP) is 5.22. The molecule has 110 valence electrons. The molecule has 0 bridgehead atoms. The Morgan fingerprint density at radius 1 is 1.09 bits per heavy atom. The maximum Gasteiger partial charge on any atom is 0.129 e. The van der Waals surface area contributed by atoms with Gasteiger partial charge in [0, 0.05) is 21.8 Å². The first kappa shape index (κ1) is 14.9. The fourth-order valence-electron chi connectivity index (χ4n) is 2.38. The third kappa shape index (κ3) is 2.82.